The molecule has 0 saturated heterocycles. The molecule has 2 aromatic rings. The van der Waals surface area contributed by atoms with E-state index in [1.807, 2.05) is 12.3 Å². The van der Waals surface area contributed by atoms with E-state index < -0.39 is 6.04 Å². The van der Waals surface area contributed by atoms with Gasteiger partial charge in [-0.1, -0.05) is 11.8 Å². The number of Topliss-reactive ketones (excluding diaryl/α,β-unsaturated/α-hetero) is 1. The molecule has 2 heterocycles. The summed E-state index contributed by atoms with van der Waals surface area (Å²) in [4.78, 5) is 17.5. The van der Waals surface area contributed by atoms with Crippen LogP contribution in [0.1, 0.15) is 30.9 Å². The maximum absolute atomic E-state index is 12.9. The number of fused-ring (bicyclic) bond motifs is 1. The first-order chi connectivity index (χ1) is 13.6. The lowest BCUT2D eigenvalue weighted by atomic mass is 9.85. The first-order valence-corrected chi connectivity index (χ1v) is 10.2. The number of anilines is 1. The first kappa shape index (κ1) is 18.7. The molecule has 0 unspecified atom stereocenters. The van der Waals surface area contributed by atoms with E-state index in [9.17, 15) is 4.79 Å². The van der Waals surface area contributed by atoms with Crippen LogP contribution in [0.2, 0.25) is 0 Å². The highest BCUT2D eigenvalue weighted by Crippen LogP contribution is 2.46. The molecular weight excluding hydrogens is 380 g/mol. The van der Waals surface area contributed by atoms with Crippen molar-refractivity contribution in [3.63, 3.8) is 0 Å². The highest BCUT2D eigenvalue weighted by Gasteiger charge is 2.38. The second kappa shape index (κ2) is 7.38. The van der Waals surface area contributed by atoms with Crippen LogP contribution >= 0.6 is 11.8 Å². The lowest BCUT2D eigenvalue weighted by Crippen LogP contribution is -2.31. The summed E-state index contributed by atoms with van der Waals surface area (Å²) in [5.41, 5.74) is 2.40. The Morgan fingerprint density at radius 3 is 2.50 bits per heavy atom. The Hall–Kier alpha value is -2.68. The average molecular weight is 402 g/mol. The number of benzene rings is 1. The summed E-state index contributed by atoms with van der Waals surface area (Å²) in [6, 6.07) is 3.18. The molecule has 1 N–H and O–H groups in total. The van der Waals surface area contributed by atoms with Crippen molar-refractivity contribution in [2.75, 3.05) is 32.9 Å². The van der Waals surface area contributed by atoms with Gasteiger partial charge in [0.05, 0.1) is 21.3 Å². The number of carbonyl (C=O) groups is 1. The van der Waals surface area contributed by atoms with Crippen LogP contribution in [0.3, 0.4) is 0 Å². The van der Waals surface area contributed by atoms with Crippen molar-refractivity contribution in [2.45, 2.75) is 30.5 Å². The van der Waals surface area contributed by atoms with E-state index in [-0.39, 0.29) is 5.78 Å². The third-order valence-electron chi connectivity index (χ3n) is 5.06. The van der Waals surface area contributed by atoms with E-state index in [0.717, 1.165) is 24.1 Å². The summed E-state index contributed by atoms with van der Waals surface area (Å²) in [6.45, 7) is 0. The number of rotatable bonds is 5. The third kappa shape index (κ3) is 2.90. The van der Waals surface area contributed by atoms with E-state index in [4.69, 9.17) is 14.2 Å². The molecule has 0 fully saturated rings. The summed E-state index contributed by atoms with van der Waals surface area (Å²) in [5.74, 6) is 2.46. The smallest absolute Gasteiger partial charge is 0.227 e. The SMILES string of the molecule is COc1cc(OC)c([C@@H]2C3=C(CCCC3=O)Nc3nc(SC)nn32)cc1OC. The summed E-state index contributed by atoms with van der Waals surface area (Å²) in [7, 11) is 4.76. The number of allylic oxidation sites excluding steroid dienone is 2. The van der Waals surface area contributed by atoms with Crippen LogP contribution in [-0.2, 0) is 4.79 Å². The zero-order valence-electron chi connectivity index (χ0n) is 16.2. The van der Waals surface area contributed by atoms with Gasteiger partial charge in [-0.15, -0.1) is 5.10 Å². The largest absolute Gasteiger partial charge is 0.496 e. The number of hydrogen-bond acceptors (Lipinski definition) is 8. The Bertz CT molecular complexity index is 969. The highest BCUT2D eigenvalue weighted by atomic mass is 32.2. The third-order valence-corrected chi connectivity index (χ3v) is 5.60. The van der Waals surface area contributed by atoms with Gasteiger partial charge in [0.25, 0.3) is 0 Å². The lowest BCUT2D eigenvalue weighted by molar-refractivity contribution is -0.116. The van der Waals surface area contributed by atoms with E-state index in [1.54, 1.807) is 32.1 Å². The van der Waals surface area contributed by atoms with Crippen LogP contribution < -0.4 is 19.5 Å². The van der Waals surface area contributed by atoms with Gasteiger partial charge in [0.2, 0.25) is 11.1 Å². The standard InChI is InChI=1S/C19H22N4O4S/c1-25-13-9-15(27-3)14(26-2)8-10(13)17-16-11(6-5-7-12(16)24)20-18-21-19(28-4)22-23(17)18/h8-9,17H,5-7H2,1-4H3,(H,20,21,22)/t17-/m1/s1. The Kier molecular flexibility index (Phi) is 4.92. The predicted molar refractivity (Wildman–Crippen MR) is 106 cm³/mol. The molecule has 0 amide bonds. The predicted octanol–water partition coefficient (Wildman–Crippen LogP) is 3.05. The molecular formula is C19H22N4O4S. The number of carbonyl (C=O) groups excluding carboxylic acids is 1. The number of nitrogens with one attached hydrogen (secondary N) is 1. The minimum atomic E-state index is -0.442. The molecule has 1 aliphatic carbocycles. The van der Waals surface area contributed by atoms with Gasteiger partial charge in [-0.05, 0) is 25.2 Å². The van der Waals surface area contributed by atoms with Crippen molar-refractivity contribution in [3.8, 4) is 17.2 Å². The van der Waals surface area contributed by atoms with Crippen molar-refractivity contribution >= 4 is 23.5 Å². The van der Waals surface area contributed by atoms with Crippen molar-refractivity contribution in [1.82, 2.24) is 14.8 Å². The quantitative estimate of drug-likeness (QED) is 0.764. The van der Waals surface area contributed by atoms with Crippen LogP contribution in [-0.4, -0.2) is 48.1 Å². The van der Waals surface area contributed by atoms with Crippen LogP contribution in [0.15, 0.2) is 28.6 Å². The number of ether oxygens (including phenoxy) is 3. The van der Waals surface area contributed by atoms with E-state index >= 15 is 0 Å². The number of aromatic nitrogens is 3. The van der Waals surface area contributed by atoms with Gasteiger partial charge in [-0.2, -0.15) is 4.98 Å². The molecule has 2 aliphatic rings. The van der Waals surface area contributed by atoms with Gasteiger partial charge < -0.3 is 19.5 Å². The van der Waals surface area contributed by atoms with Crippen LogP contribution in [0.25, 0.3) is 0 Å². The highest BCUT2D eigenvalue weighted by molar-refractivity contribution is 7.98. The van der Waals surface area contributed by atoms with Gasteiger partial charge in [-0.25, -0.2) is 4.68 Å². The van der Waals surface area contributed by atoms with Crippen molar-refractivity contribution in [2.24, 2.45) is 0 Å². The number of nitrogens with zero attached hydrogens (tertiary/aromatic N) is 3. The van der Waals surface area contributed by atoms with E-state index in [0.29, 0.717) is 40.3 Å². The second-order valence-corrected chi connectivity index (χ2v) is 7.29. The number of thioether (sulfide) groups is 1. The summed E-state index contributed by atoms with van der Waals surface area (Å²) < 4.78 is 18.3. The van der Waals surface area contributed by atoms with E-state index in [1.165, 1.54) is 11.8 Å². The molecule has 4 rings (SSSR count). The molecule has 8 nitrogen and oxygen atoms in total. The Morgan fingerprint density at radius 2 is 1.82 bits per heavy atom. The molecule has 0 bridgehead atoms. The minimum Gasteiger partial charge on any atom is -0.496 e. The molecule has 1 aliphatic heterocycles. The molecule has 0 spiro atoms. The van der Waals surface area contributed by atoms with Crippen molar-refractivity contribution < 1.29 is 19.0 Å². The molecule has 1 aromatic heterocycles. The van der Waals surface area contributed by atoms with E-state index in [2.05, 4.69) is 15.4 Å². The molecule has 148 valence electrons. The summed E-state index contributed by atoms with van der Waals surface area (Å²) in [5, 5.41) is 8.57. The van der Waals surface area contributed by atoms with Crippen LogP contribution in [0.4, 0.5) is 5.95 Å². The zero-order valence-corrected chi connectivity index (χ0v) is 17.1. The van der Waals surface area contributed by atoms with Gasteiger partial charge >= 0.3 is 0 Å². The Morgan fingerprint density at radius 1 is 1.11 bits per heavy atom. The van der Waals surface area contributed by atoms with Crippen molar-refractivity contribution in [1.29, 1.82) is 0 Å². The molecule has 28 heavy (non-hydrogen) atoms. The van der Waals surface area contributed by atoms with Crippen LogP contribution in [0, 0.1) is 0 Å². The lowest BCUT2D eigenvalue weighted by Gasteiger charge is -2.33. The fourth-order valence-corrected chi connectivity index (χ4v) is 4.12. The second-order valence-electron chi connectivity index (χ2n) is 6.51. The van der Waals surface area contributed by atoms with Crippen molar-refractivity contribution in [3.05, 3.63) is 29.0 Å². The maximum atomic E-state index is 12.9. The minimum absolute atomic E-state index is 0.113. The summed E-state index contributed by atoms with van der Waals surface area (Å²) >= 11 is 1.45. The van der Waals surface area contributed by atoms with Gasteiger partial charge in [-0.3, -0.25) is 4.79 Å². The molecule has 1 aromatic carbocycles. The summed E-state index contributed by atoms with van der Waals surface area (Å²) in [6.07, 6.45) is 4.07. The number of hydrogen-bond donors (Lipinski definition) is 1. The van der Waals surface area contributed by atoms with Gasteiger partial charge in [0, 0.05) is 29.3 Å². The number of methoxy groups -OCH3 is 3. The molecule has 1 atom stereocenters. The average Bonchev–Trinajstić information content (AvgIpc) is 3.14. The Balaban J connectivity index is 1.97. The fraction of sp³-hybridized carbons (Fsp3) is 0.421. The monoisotopic (exact) mass is 402 g/mol. The normalized spacial score (nSPS) is 18.3. The molecule has 0 radical (unpaired) electrons. The van der Waals surface area contributed by atoms with Gasteiger partial charge in [0.1, 0.15) is 11.8 Å². The topological polar surface area (TPSA) is 87.5 Å². The zero-order chi connectivity index (χ0) is 19.8. The Labute approximate surface area is 167 Å². The molecule has 0 saturated carbocycles. The number of ketones is 1. The maximum Gasteiger partial charge on any atom is 0.227 e. The van der Waals surface area contributed by atoms with Gasteiger partial charge in [0.15, 0.2) is 17.3 Å². The molecule has 9 heteroatoms. The van der Waals surface area contributed by atoms with Crippen LogP contribution in [0.5, 0.6) is 17.2 Å². The first-order valence-electron chi connectivity index (χ1n) is 8.95. The fourth-order valence-electron chi connectivity index (χ4n) is 3.78.